The van der Waals surface area contributed by atoms with Crippen LogP contribution in [0.1, 0.15) is 16.1 Å². The van der Waals surface area contributed by atoms with Crippen molar-refractivity contribution >= 4 is 43.0 Å². The number of hydrogen-bond acceptors (Lipinski definition) is 5. The molecule has 0 fully saturated rings. The summed E-state index contributed by atoms with van der Waals surface area (Å²) in [6.07, 6.45) is 6.17. The van der Waals surface area contributed by atoms with E-state index in [9.17, 15) is 13.2 Å². The van der Waals surface area contributed by atoms with Crippen molar-refractivity contribution in [3.05, 3.63) is 76.8 Å². The molecule has 3 aromatic heterocycles. The first-order chi connectivity index (χ1) is 14.2. The highest BCUT2D eigenvalue weighted by Crippen LogP contribution is 2.24. The van der Waals surface area contributed by atoms with Crippen molar-refractivity contribution in [1.29, 1.82) is 0 Å². The van der Waals surface area contributed by atoms with Gasteiger partial charge in [-0.3, -0.25) is 4.79 Å². The molecule has 30 heavy (non-hydrogen) atoms. The highest BCUT2D eigenvalue weighted by molar-refractivity contribution is 9.10. The summed E-state index contributed by atoms with van der Waals surface area (Å²) in [5.41, 5.74) is 4.44. The molecule has 1 aromatic carbocycles. The van der Waals surface area contributed by atoms with Crippen LogP contribution in [0.2, 0.25) is 0 Å². The molecule has 0 aliphatic rings. The summed E-state index contributed by atoms with van der Waals surface area (Å²) >= 11 is 3.22. The quantitative estimate of drug-likeness (QED) is 0.470. The standard InChI is InChI=1S/C21H17BrN4O3S/c1-13-4-3-9-26-12-18(25-20(13)26)14-5-7-15(8-6-14)24-21(27)19-17(22)10-16(11-23-19)30(2,28)29/h3-12H,1-2H3,(H,24,27). The lowest BCUT2D eigenvalue weighted by Gasteiger charge is -2.08. The molecule has 0 bridgehead atoms. The molecule has 0 unspecified atom stereocenters. The van der Waals surface area contributed by atoms with Crippen LogP contribution in [0.5, 0.6) is 0 Å². The van der Waals surface area contributed by atoms with E-state index in [2.05, 4.69) is 31.2 Å². The van der Waals surface area contributed by atoms with Gasteiger partial charge < -0.3 is 9.72 Å². The van der Waals surface area contributed by atoms with Gasteiger partial charge in [0.1, 0.15) is 11.3 Å². The van der Waals surface area contributed by atoms with Crippen LogP contribution in [0.4, 0.5) is 5.69 Å². The molecule has 0 saturated carbocycles. The maximum atomic E-state index is 12.5. The minimum atomic E-state index is -3.40. The van der Waals surface area contributed by atoms with Crippen molar-refractivity contribution in [2.24, 2.45) is 0 Å². The van der Waals surface area contributed by atoms with Crippen LogP contribution in [0, 0.1) is 6.92 Å². The van der Waals surface area contributed by atoms with Crippen LogP contribution in [-0.2, 0) is 9.84 Å². The number of carbonyl (C=O) groups is 1. The van der Waals surface area contributed by atoms with E-state index in [0.717, 1.165) is 28.7 Å². The number of rotatable bonds is 4. The number of aryl methyl sites for hydroxylation is 1. The second kappa shape index (κ2) is 7.66. The normalized spacial score (nSPS) is 11.6. The molecule has 0 atom stereocenters. The number of nitrogens with zero attached hydrogens (tertiary/aromatic N) is 3. The predicted octanol–water partition coefficient (Wildman–Crippen LogP) is 4.12. The van der Waals surface area contributed by atoms with E-state index < -0.39 is 15.7 Å². The third-order valence-corrected chi connectivity index (χ3v) is 6.26. The lowest BCUT2D eigenvalue weighted by atomic mass is 10.1. The van der Waals surface area contributed by atoms with E-state index in [-0.39, 0.29) is 10.6 Å². The topological polar surface area (TPSA) is 93.4 Å². The molecule has 4 rings (SSSR count). The van der Waals surface area contributed by atoms with Crippen LogP contribution in [-0.4, -0.2) is 34.9 Å². The molecule has 0 spiro atoms. The van der Waals surface area contributed by atoms with Crippen molar-refractivity contribution in [3.8, 4) is 11.3 Å². The number of hydrogen-bond donors (Lipinski definition) is 1. The smallest absolute Gasteiger partial charge is 0.275 e. The number of carbonyl (C=O) groups excluding carboxylic acids is 1. The van der Waals surface area contributed by atoms with Gasteiger partial charge in [0.2, 0.25) is 0 Å². The number of fused-ring (bicyclic) bond motifs is 1. The van der Waals surface area contributed by atoms with Gasteiger partial charge in [0, 0.05) is 36.1 Å². The van der Waals surface area contributed by atoms with E-state index in [1.807, 2.05) is 48.0 Å². The van der Waals surface area contributed by atoms with Crippen LogP contribution in [0.3, 0.4) is 0 Å². The highest BCUT2D eigenvalue weighted by Gasteiger charge is 2.16. The zero-order valence-electron chi connectivity index (χ0n) is 16.1. The number of imidazole rings is 1. The molecule has 0 radical (unpaired) electrons. The Kier molecular flexibility index (Phi) is 5.17. The summed E-state index contributed by atoms with van der Waals surface area (Å²) in [7, 11) is -3.40. The van der Waals surface area contributed by atoms with Gasteiger partial charge in [0.15, 0.2) is 9.84 Å². The first kappa shape index (κ1) is 20.2. The van der Waals surface area contributed by atoms with Crippen LogP contribution < -0.4 is 5.32 Å². The second-order valence-electron chi connectivity index (χ2n) is 6.85. The molecule has 9 heteroatoms. The Labute approximate surface area is 181 Å². The molecule has 0 saturated heterocycles. The first-order valence-corrected chi connectivity index (χ1v) is 11.6. The number of amides is 1. The maximum absolute atomic E-state index is 12.5. The molecular formula is C21H17BrN4O3S. The van der Waals surface area contributed by atoms with Gasteiger partial charge >= 0.3 is 0 Å². The van der Waals surface area contributed by atoms with Crippen molar-refractivity contribution in [2.75, 3.05) is 11.6 Å². The van der Waals surface area contributed by atoms with Crippen molar-refractivity contribution in [3.63, 3.8) is 0 Å². The second-order valence-corrected chi connectivity index (χ2v) is 9.72. The lowest BCUT2D eigenvalue weighted by Crippen LogP contribution is -2.15. The summed E-state index contributed by atoms with van der Waals surface area (Å²) < 4.78 is 25.5. The summed E-state index contributed by atoms with van der Waals surface area (Å²) in [5, 5.41) is 2.77. The zero-order chi connectivity index (χ0) is 21.5. The van der Waals surface area contributed by atoms with E-state index in [1.54, 1.807) is 12.1 Å². The van der Waals surface area contributed by atoms with Gasteiger partial charge in [-0.05, 0) is 52.7 Å². The van der Waals surface area contributed by atoms with Crippen molar-refractivity contribution in [2.45, 2.75) is 11.8 Å². The zero-order valence-corrected chi connectivity index (χ0v) is 18.5. The number of nitrogens with one attached hydrogen (secondary N) is 1. The number of halogens is 1. The average Bonchev–Trinajstić information content (AvgIpc) is 3.13. The Morgan fingerprint density at radius 2 is 1.90 bits per heavy atom. The van der Waals surface area contributed by atoms with Gasteiger partial charge in [0.25, 0.3) is 5.91 Å². The molecule has 0 aliphatic heterocycles. The maximum Gasteiger partial charge on any atom is 0.275 e. The average molecular weight is 485 g/mol. The highest BCUT2D eigenvalue weighted by atomic mass is 79.9. The van der Waals surface area contributed by atoms with E-state index >= 15 is 0 Å². The molecule has 3 heterocycles. The summed E-state index contributed by atoms with van der Waals surface area (Å²) in [5.74, 6) is -0.446. The summed E-state index contributed by atoms with van der Waals surface area (Å²) in [6.45, 7) is 2.01. The Morgan fingerprint density at radius 1 is 1.17 bits per heavy atom. The minimum absolute atomic E-state index is 0.0398. The fraction of sp³-hybridized carbons (Fsp3) is 0.0952. The Hall–Kier alpha value is -3.04. The molecule has 1 N–H and O–H groups in total. The largest absolute Gasteiger partial charge is 0.321 e. The van der Waals surface area contributed by atoms with E-state index in [4.69, 9.17) is 0 Å². The minimum Gasteiger partial charge on any atom is -0.321 e. The Morgan fingerprint density at radius 3 is 2.53 bits per heavy atom. The monoisotopic (exact) mass is 484 g/mol. The summed E-state index contributed by atoms with van der Waals surface area (Å²) in [6, 6.07) is 12.7. The third kappa shape index (κ3) is 3.99. The van der Waals surface area contributed by atoms with Crippen LogP contribution in [0.15, 0.2) is 70.4 Å². The first-order valence-electron chi connectivity index (χ1n) is 8.94. The number of anilines is 1. The number of aromatic nitrogens is 3. The SMILES string of the molecule is Cc1cccn2cc(-c3ccc(NC(=O)c4ncc(S(C)(=O)=O)cc4Br)cc3)nc12. The van der Waals surface area contributed by atoms with Crippen molar-refractivity contribution < 1.29 is 13.2 Å². The van der Waals surface area contributed by atoms with E-state index in [0.29, 0.717) is 10.2 Å². The van der Waals surface area contributed by atoms with Crippen LogP contribution >= 0.6 is 15.9 Å². The van der Waals surface area contributed by atoms with Crippen molar-refractivity contribution in [1.82, 2.24) is 14.4 Å². The molecule has 1 amide bonds. The van der Waals surface area contributed by atoms with Gasteiger partial charge in [-0.15, -0.1) is 0 Å². The van der Waals surface area contributed by atoms with Crippen LogP contribution in [0.25, 0.3) is 16.9 Å². The third-order valence-electron chi connectivity index (χ3n) is 4.58. The lowest BCUT2D eigenvalue weighted by molar-refractivity contribution is 0.102. The van der Waals surface area contributed by atoms with Gasteiger partial charge in [-0.1, -0.05) is 18.2 Å². The van der Waals surface area contributed by atoms with Gasteiger partial charge in [-0.2, -0.15) is 0 Å². The molecular weight excluding hydrogens is 468 g/mol. The number of benzene rings is 1. The van der Waals surface area contributed by atoms with Gasteiger partial charge in [0.05, 0.1) is 15.1 Å². The number of pyridine rings is 2. The van der Waals surface area contributed by atoms with Gasteiger partial charge in [-0.25, -0.2) is 18.4 Å². The summed E-state index contributed by atoms with van der Waals surface area (Å²) in [4.78, 5) is 21.2. The molecule has 7 nitrogen and oxygen atoms in total. The number of sulfone groups is 1. The van der Waals surface area contributed by atoms with E-state index in [1.165, 1.54) is 12.3 Å². The molecule has 152 valence electrons. The molecule has 0 aliphatic carbocycles. The Balaban J connectivity index is 1.54. The Bertz CT molecular complexity index is 1380. The fourth-order valence-corrected chi connectivity index (χ4v) is 4.25. The fourth-order valence-electron chi connectivity index (χ4n) is 3.00. The predicted molar refractivity (Wildman–Crippen MR) is 118 cm³/mol. The molecule has 4 aromatic rings.